The van der Waals surface area contributed by atoms with Crippen molar-refractivity contribution in [2.24, 2.45) is 7.05 Å². The number of carbonyl (C=O) groups excluding carboxylic acids is 2. The lowest BCUT2D eigenvalue weighted by Crippen LogP contribution is -2.39. The largest absolute Gasteiger partial charge is 0.328 e. The summed E-state index contributed by atoms with van der Waals surface area (Å²) in [5.41, 5.74) is 0.486. The molecule has 0 radical (unpaired) electrons. The van der Waals surface area contributed by atoms with E-state index in [1.807, 2.05) is 13.8 Å². The number of anilines is 1. The molecule has 0 saturated carbocycles. The standard InChI is InChI=1S/C11H16N4O2.ClH/c1-4-14-6-8(16)15(5-2)10-9(11(14)17)13(3)7-12-10;/h7H,4-6H2,1-3H3;1H. The van der Waals surface area contributed by atoms with Crippen LogP contribution in [-0.4, -0.2) is 45.9 Å². The fourth-order valence-electron chi connectivity index (χ4n) is 2.03. The van der Waals surface area contributed by atoms with E-state index in [1.165, 1.54) is 0 Å². The minimum atomic E-state index is -0.133. The molecule has 0 saturated heterocycles. The van der Waals surface area contributed by atoms with E-state index in [9.17, 15) is 9.59 Å². The molecule has 1 aliphatic rings. The van der Waals surface area contributed by atoms with Gasteiger partial charge in [-0.3, -0.25) is 14.5 Å². The monoisotopic (exact) mass is 272 g/mol. The van der Waals surface area contributed by atoms with Crippen LogP contribution in [0, 0.1) is 0 Å². The topological polar surface area (TPSA) is 58.4 Å². The van der Waals surface area contributed by atoms with Gasteiger partial charge in [0.15, 0.2) is 11.5 Å². The molecular formula is C11H17ClN4O2. The van der Waals surface area contributed by atoms with Crippen LogP contribution in [0.4, 0.5) is 5.82 Å². The van der Waals surface area contributed by atoms with Crippen LogP contribution >= 0.6 is 12.4 Å². The van der Waals surface area contributed by atoms with E-state index in [-0.39, 0.29) is 30.8 Å². The average Bonchev–Trinajstić information content (AvgIpc) is 2.63. The second kappa shape index (κ2) is 5.39. The van der Waals surface area contributed by atoms with E-state index in [2.05, 4.69) is 4.98 Å². The van der Waals surface area contributed by atoms with Crippen molar-refractivity contribution in [2.75, 3.05) is 24.5 Å². The molecule has 1 aromatic heterocycles. The van der Waals surface area contributed by atoms with E-state index in [0.29, 0.717) is 24.6 Å². The van der Waals surface area contributed by atoms with Gasteiger partial charge in [-0.05, 0) is 13.8 Å². The van der Waals surface area contributed by atoms with E-state index >= 15 is 0 Å². The van der Waals surface area contributed by atoms with Crippen molar-refractivity contribution in [2.45, 2.75) is 13.8 Å². The Morgan fingerprint density at radius 2 is 1.94 bits per heavy atom. The summed E-state index contributed by atoms with van der Waals surface area (Å²) in [7, 11) is 1.77. The highest BCUT2D eigenvalue weighted by Gasteiger charge is 2.33. The van der Waals surface area contributed by atoms with Crippen LogP contribution in [0.25, 0.3) is 0 Å². The van der Waals surface area contributed by atoms with Crippen molar-refractivity contribution < 1.29 is 9.59 Å². The molecule has 0 fully saturated rings. The normalized spacial score (nSPS) is 15.3. The highest BCUT2D eigenvalue weighted by molar-refractivity contribution is 6.07. The smallest absolute Gasteiger partial charge is 0.274 e. The summed E-state index contributed by atoms with van der Waals surface area (Å²) in [5.74, 6) is 0.257. The number of likely N-dealkylation sites (N-methyl/N-ethyl adjacent to an activating group) is 2. The van der Waals surface area contributed by atoms with Gasteiger partial charge in [0.25, 0.3) is 5.91 Å². The molecule has 0 bridgehead atoms. The van der Waals surface area contributed by atoms with Gasteiger partial charge >= 0.3 is 0 Å². The summed E-state index contributed by atoms with van der Waals surface area (Å²) in [6.45, 7) is 4.91. The van der Waals surface area contributed by atoms with Crippen molar-refractivity contribution >= 4 is 30.0 Å². The van der Waals surface area contributed by atoms with Crippen LogP contribution in [0.5, 0.6) is 0 Å². The molecule has 0 unspecified atom stereocenters. The van der Waals surface area contributed by atoms with Crippen molar-refractivity contribution in [3.05, 3.63) is 12.0 Å². The van der Waals surface area contributed by atoms with Gasteiger partial charge in [-0.1, -0.05) is 0 Å². The predicted octanol–water partition coefficient (Wildman–Crippen LogP) is 0.670. The zero-order valence-electron chi connectivity index (χ0n) is 10.7. The summed E-state index contributed by atoms with van der Waals surface area (Å²) >= 11 is 0. The molecule has 2 heterocycles. The predicted molar refractivity (Wildman–Crippen MR) is 70.1 cm³/mol. The number of nitrogens with zero attached hydrogens (tertiary/aromatic N) is 4. The Kier molecular flexibility index (Phi) is 4.34. The van der Waals surface area contributed by atoms with Gasteiger partial charge in [0.2, 0.25) is 5.91 Å². The minimum absolute atomic E-state index is 0. The number of hydrogen-bond acceptors (Lipinski definition) is 3. The second-order valence-electron chi connectivity index (χ2n) is 3.99. The molecule has 6 nitrogen and oxygen atoms in total. The molecule has 1 aromatic rings. The lowest BCUT2D eigenvalue weighted by atomic mass is 10.3. The Labute approximate surface area is 112 Å². The Bertz CT molecular complexity index is 472. The van der Waals surface area contributed by atoms with Gasteiger partial charge in [0.1, 0.15) is 6.54 Å². The average molecular weight is 273 g/mol. The number of fused-ring (bicyclic) bond motifs is 1. The lowest BCUT2D eigenvalue weighted by Gasteiger charge is -2.19. The quantitative estimate of drug-likeness (QED) is 0.795. The summed E-state index contributed by atoms with van der Waals surface area (Å²) in [6, 6.07) is 0. The second-order valence-corrected chi connectivity index (χ2v) is 3.99. The fraction of sp³-hybridized carbons (Fsp3) is 0.545. The Morgan fingerprint density at radius 3 is 2.50 bits per heavy atom. The third-order valence-corrected chi connectivity index (χ3v) is 2.99. The number of aromatic nitrogens is 2. The van der Waals surface area contributed by atoms with E-state index in [1.54, 1.807) is 27.7 Å². The number of aryl methyl sites for hydroxylation is 1. The first-order valence-corrected chi connectivity index (χ1v) is 5.71. The van der Waals surface area contributed by atoms with Gasteiger partial charge in [-0.25, -0.2) is 4.98 Å². The lowest BCUT2D eigenvalue weighted by molar-refractivity contribution is -0.119. The van der Waals surface area contributed by atoms with Crippen LogP contribution < -0.4 is 4.90 Å². The van der Waals surface area contributed by atoms with E-state index in [0.717, 1.165) is 0 Å². The van der Waals surface area contributed by atoms with Gasteiger partial charge in [-0.15, -0.1) is 12.4 Å². The Hall–Kier alpha value is -1.56. The Morgan fingerprint density at radius 1 is 1.28 bits per heavy atom. The molecule has 0 N–H and O–H groups in total. The summed E-state index contributed by atoms with van der Waals surface area (Å²) < 4.78 is 1.67. The number of imidazole rings is 1. The van der Waals surface area contributed by atoms with Gasteiger partial charge in [0, 0.05) is 20.1 Å². The zero-order valence-corrected chi connectivity index (χ0v) is 11.5. The van der Waals surface area contributed by atoms with Gasteiger partial charge < -0.3 is 9.47 Å². The molecule has 2 amide bonds. The Balaban J connectivity index is 0.00000162. The summed E-state index contributed by atoms with van der Waals surface area (Å²) in [5, 5.41) is 0. The highest BCUT2D eigenvalue weighted by Crippen LogP contribution is 2.23. The number of amides is 2. The van der Waals surface area contributed by atoms with Crippen LogP contribution in [-0.2, 0) is 11.8 Å². The first-order valence-electron chi connectivity index (χ1n) is 5.71. The van der Waals surface area contributed by atoms with Gasteiger partial charge in [-0.2, -0.15) is 0 Å². The number of hydrogen-bond donors (Lipinski definition) is 0. The molecule has 0 aromatic carbocycles. The molecular weight excluding hydrogens is 256 g/mol. The minimum Gasteiger partial charge on any atom is -0.328 e. The molecule has 0 spiro atoms. The number of halogens is 1. The van der Waals surface area contributed by atoms with E-state index < -0.39 is 0 Å². The van der Waals surface area contributed by atoms with Crippen LogP contribution in [0.2, 0.25) is 0 Å². The van der Waals surface area contributed by atoms with Crippen molar-refractivity contribution in [3.8, 4) is 0 Å². The first-order chi connectivity index (χ1) is 8.10. The van der Waals surface area contributed by atoms with Crippen LogP contribution in [0.3, 0.4) is 0 Å². The molecule has 7 heteroatoms. The molecule has 0 atom stereocenters. The number of rotatable bonds is 2. The first kappa shape index (κ1) is 14.5. The summed E-state index contributed by atoms with van der Waals surface area (Å²) in [6.07, 6.45) is 1.57. The highest BCUT2D eigenvalue weighted by atomic mass is 35.5. The molecule has 0 aliphatic carbocycles. The molecule has 100 valence electrons. The third kappa shape index (κ3) is 2.08. The van der Waals surface area contributed by atoms with Gasteiger partial charge in [0.05, 0.1) is 6.33 Å². The number of carbonyl (C=O) groups is 2. The van der Waals surface area contributed by atoms with Crippen molar-refractivity contribution in [1.29, 1.82) is 0 Å². The molecule has 2 rings (SSSR count). The summed E-state index contributed by atoms with van der Waals surface area (Å²) in [4.78, 5) is 31.5. The van der Waals surface area contributed by atoms with Crippen LogP contribution in [0.1, 0.15) is 24.3 Å². The molecule has 1 aliphatic heterocycles. The van der Waals surface area contributed by atoms with Crippen LogP contribution in [0.15, 0.2) is 6.33 Å². The van der Waals surface area contributed by atoms with Crippen molar-refractivity contribution in [1.82, 2.24) is 14.5 Å². The van der Waals surface area contributed by atoms with E-state index in [4.69, 9.17) is 0 Å². The maximum atomic E-state index is 12.2. The maximum absolute atomic E-state index is 12.2. The third-order valence-electron chi connectivity index (χ3n) is 2.99. The molecule has 18 heavy (non-hydrogen) atoms. The SMILES string of the molecule is CCN1CC(=O)N(CC)c2ncn(C)c2C1=O.Cl. The zero-order chi connectivity index (χ0) is 12.6. The van der Waals surface area contributed by atoms with Crippen molar-refractivity contribution in [3.63, 3.8) is 0 Å². The maximum Gasteiger partial charge on any atom is 0.274 e. The fourth-order valence-corrected chi connectivity index (χ4v) is 2.03.